The van der Waals surface area contributed by atoms with Crippen molar-refractivity contribution in [3.63, 3.8) is 0 Å². The van der Waals surface area contributed by atoms with Crippen molar-refractivity contribution in [1.82, 2.24) is 19.7 Å². The zero-order valence-corrected chi connectivity index (χ0v) is 15.9. The molecule has 1 N–H and O–H groups in total. The normalized spacial score (nSPS) is 17.1. The van der Waals surface area contributed by atoms with E-state index in [0.29, 0.717) is 23.9 Å². The number of fused-ring (bicyclic) bond motifs is 1. The minimum Gasteiger partial charge on any atom is -0.362 e. The fraction of sp³-hybridized carbons (Fsp3) is 0.333. The molecule has 0 spiro atoms. The first-order chi connectivity index (χ1) is 13.4. The van der Waals surface area contributed by atoms with E-state index >= 15 is 0 Å². The van der Waals surface area contributed by atoms with E-state index in [1.54, 1.807) is 48.3 Å². The van der Waals surface area contributed by atoms with Gasteiger partial charge in [0.05, 0.1) is 5.39 Å². The first-order valence-electron chi connectivity index (χ1n) is 9.40. The summed E-state index contributed by atoms with van der Waals surface area (Å²) in [5.74, 6) is -0.115. The second-order valence-corrected chi connectivity index (χ2v) is 7.37. The van der Waals surface area contributed by atoms with Crippen molar-refractivity contribution in [2.24, 2.45) is 7.05 Å². The van der Waals surface area contributed by atoms with Crippen LogP contribution in [0.15, 0.2) is 46.0 Å². The van der Waals surface area contributed by atoms with Gasteiger partial charge in [-0.1, -0.05) is 18.2 Å². The SMILES string of the molecule is Cc1cc(=O)cc([C@H]2CCCN(C(=O)c3nn(C)c(=O)c4ccccc34)C2)[nH]1. The lowest BCUT2D eigenvalue weighted by Crippen LogP contribution is -2.40. The number of pyridine rings is 1. The van der Waals surface area contributed by atoms with Gasteiger partial charge in [0, 0.05) is 55.0 Å². The first-order valence-corrected chi connectivity index (χ1v) is 9.40. The summed E-state index contributed by atoms with van der Waals surface area (Å²) in [5, 5.41) is 5.31. The smallest absolute Gasteiger partial charge is 0.274 e. The lowest BCUT2D eigenvalue weighted by atomic mass is 9.93. The van der Waals surface area contributed by atoms with E-state index in [1.165, 1.54) is 4.68 Å². The van der Waals surface area contributed by atoms with Crippen LogP contribution >= 0.6 is 0 Å². The van der Waals surface area contributed by atoms with Crippen LogP contribution in [-0.2, 0) is 7.05 Å². The van der Waals surface area contributed by atoms with E-state index in [9.17, 15) is 14.4 Å². The molecule has 0 aliphatic carbocycles. The molecule has 7 nitrogen and oxygen atoms in total. The van der Waals surface area contributed by atoms with Crippen molar-refractivity contribution in [3.05, 3.63) is 74.1 Å². The van der Waals surface area contributed by atoms with E-state index in [0.717, 1.165) is 24.2 Å². The van der Waals surface area contributed by atoms with Crippen LogP contribution in [0.1, 0.15) is 40.6 Å². The van der Waals surface area contributed by atoms with Gasteiger partial charge >= 0.3 is 0 Å². The maximum atomic E-state index is 13.3. The van der Waals surface area contributed by atoms with E-state index in [-0.39, 0.29) is 28.5 Å². The third kappa shape index (κ3) is 3.24. The van der Waals surface area contributed by atoms with Gasteiger partial charge in [-0.25, -0.2) is 4.68 Å². The van der Waals surface area contributed by atoms with Crippen molar-refractivity contribution >= 4 is 16.7 Å². The minimum atomic E-state index is -0.221. The number of aromatic nitrogens is 3. The van der Waals surface area contributed by atoms with Gasteiger partial charge in [-0.2, -0.15) is 5.10 Å². The molecular weight excluding hydrogens is 356 g/mol. The molecule has 144 valence electrons. The highest BCUT2D eigenvalue weighted by Gasteiger charge is 2.28. The summed E-state index contributed by atoms with van der Waals surface area (Å²) in [6.45, 7) is 3.00. The van der Waals surface area contributed by atoms with Gasteiger partial charge in [0.25, 0.3) is 11.5 Å². The summed E-state index contributed by atoms with van der Waals surface area (Å²) in [7, 11) is 1.56. The average molecular weight is 378 g/mol. The Hall–Kier alpha value is -3.22. The molecular formula is C21H22N4O3. The monoisotopic (exact) mass is 378 g/mol. The maximum absolute atomic E-state index is 13.3. The maximum Gasteiger partial charge on any atom is 0.274 e. The predicted octanol–water partition coefficient (Wildman–Crippen LogP) is 1.95. The van der Waals surface area contributed by atoms with Gasteiger partial charge in [-0.05, 0) is 25.8 Å². The van der Waals surface area contributed by atoms with Crippen LogP contribution in [0.4, 0.5) is 0 Å². The Labute approximate surface area is 161 Å². The topological polar surface area (TPSA) is 88.1 Å². The van der Waals surface area contributed by atoms with Crippen LogP contribution < -0.4 is 11.0 Å². The van der Waals surface area contributed by atoms with Gasteiger partial charge < -0.3 is 9.88 Å². The third-order valence-corrected chi connectivity index (χ3v) is 5.31. The number of hydrogen-bond acceptors (Lipinski definition) is 4. The highest BCUT2D eigenvalue weighted by atomic mass is 16.2. The first kappa shape index (κ1) is 18.2. The number of rotatable bonds is 2. The number of nitrogens with one attached hydrogen (secondary N) is 1. The van der Waals surface area contributed by atoms with Crippen LogP contribution in [0.25, 0.3) is 10.8 Å². The number of aromatic amines is 1. The van der Waals surface area contributed by atoms with Crippen LogP contribution in [-0.4, -0.2) is 38.7 Å². The van der Waals surface area contributed by atoms with Crippen molar-refractivity contribution < 1.29 is 4.79 Å². The molecule has 0 unspecified atom stereocenters. The summed E-state index contributed by atoms with van der Waals surface area (Å²) < 4.78 is 1.22. The molecule has 3 heterocycles. The number of nitrogens with zero attached hydrogens (tertiary/aromatic N) is 3. The second kappa shape index (κ2) is 7.07. The molecule has 1 aliphatic rings. The Kier molecular flexibility index (Phi) is 4.58. The second-order valence-electron chi connectivity index (χ2n) is 7.37. The number of carbonyl (C=O) groups excluding carboxylic acids is 1. The van der Waals surface area contributed by atoms with E-state index in [4.69, 9.17) is 0 Å². The number of piperidine rings is 1. The molecule has 1 aliphatic heterocycles. The van der Waals surface area contributed by atoms with Gasteiger partial charge in [0.1, 0.15) is 0 Å². The molecule has 28 heavy (non-hydrogen) atoms. The molecule has 3 aromatic rings. The summed E-state index contributed by atoms with van der Waals surface area (Å²) in [6.07, 6.45) is 1.75. The zero-order chi connectivity index (χ0) is 19.8. The molecule has 0 bridgehead atoms. The van der Waals surface area contributed by atoms with Crippen molar-refractivity contribution in [2.75, 3.05) is 13.1 Å². The molecule has 1 aromatic carbocycles. The van der Waals surface area contributed by atoms with Crippen molar-refractivity contribution in [1.29, 1.82) is 0 Å². The number of H-pyrrole nitrogens is 1. The quantitative estimate of drug-likeness (QED) is 0.738. The Bertz CT molecular complexity index is 1180. The highest BCUT2D eigenvalue weighted by Crippen LogP contribution is 2.27. The van der Waals surface area contributed by atoms with Crippen LogP contribution in [0, 0.1) is 6.92 Å². The Morgan fingerprint density at radius 3 is 2.68 bits per heavy atom. The summed E-state index contributed by atoms with van der Waals surface area (Å²) in [4.78, 5) is 42.5. The highest BCUT2D eigenvalue weighted by molar-refractivity contribution is 6.04. The molecule has 4 rings (SSSR count). The van der Waals surface area contributed by atoms with Crippen LogP contribution in [0.3, 0.4) is 0 Å². The van der Waals surface area contributed by atoms with E-state index in [2.05, 4.69) is 10.1 Å². The fourth-order valence-electron chi connectivity index (χ4n) is 3.95. The molecule has 1 amide bonds. The fourth-order valence-corrected chi connectivity index (χ4v) is 3.95. The molecule has 7 heteroatoms. The number of hydrogen-bond donors (Lipinski definition) is 1. The van der Waals surface area contributed by atoms with Crippen LogP contribution in [0.2, 0.25) is 0 Å². The molecule has 0 radical (unpaired) electrons. The van der Waals surface area contributed by atoms with Crippen LogP contribution in [0.5, 0.6) is 0 Å². The number of benzene rings is 1. The Morgan fingerprint density at radius 2 is 1.93 bits per heavy atom. The standard InChI is InChI=1S/C21H22N4O3/c1-13-10-15(26)11-18(22-13)14-6-5-9-25(12-14)21(28)19-16-7-3-4-8-17(16)20(27)24(2)23-19/h3-4,7-8,10-11,14H,5-6,9,12H2,1-2H3,(H,22,26)/t14-/m0/s1. The minimum absolute atomic E-state index is 0.0274. The summed E-state index contributed by atoms with van der Waals surface area (Å²) in [5.41, 5.74) is 1.72. The van der Waals surface area contributed by atoms with E-state index in [1.807, 2.05) is 6.92 Å². The number of aryl methyl sites for hydroxylation is 2. The Balaban J connectivity index is 1.69. The number of likely N-dealkylation sites (tertiary alicyclic amines) is 1. The molecule has 1 fully saturated rings. The summed E-state index contributed by atoms with van der Waals surface area (Å²) >= 11 is 0. The van der Waals surface area contributed by atoms with Gasteiger partial charge in [0.15, 0.2) is 11.1 Å². The number of carbonyl (C=O) groups is 1. The van der Waals surface area contributed by atoms with Gasteiger partial charge in [-0.15, -0.1) is 0 Å². The molecule has 1 saturated heterocycles. The van der Waals surface area contributed by atoms with Crippen molar-refractivity contribution in [2.45, 2.75) is 25.7 Å². The predicted molar refractivity (Wildman–Crippen MR) is 107 cm³/mol. The van der Waals surface area contributed by atoms with E-state index < -0.39 is 0 Å². The molecule has 0 saturated carbocycles. The van der Waals surface area contributed by atoms with Gasteiger partial charge in [-0.3, -0.25) is 14.4 Å². The van der Waals surface area contributed by atoms with Crippen molar-refractivity contribution in [3.8, 4) is 0 Å². The Morgan fingerprint density at radius 1 is 1.18 bits per heavy atom. The average Bonchev–Trinajstić information content (AvgIpc) is 2.69. The largest absolute Gasteiger partial charge is 0.362 e. The number of amides is 1. The third-order valence-electron chi connectivity index (χ3n) is 5.31. The van der Waals surface area contributed by atoms with Gasteiger partial charge in [0.2, 0.25) is 0 Å². The lowest BCUT2D eigenvalue weighted by Gasteiger charge is -2.33. The molecule has 1 atom stereocenters. The molecule has 2 aromatic heterocycles. The zero-order valence-electron chi connectivity index (χ0n) is 15.9. The summed E-state index contributed by atoms with van der Waals surface area (Å²) in [6, 6.07) is 10.2. The lowest BCUT2D eigenvalue weighted by molar-refractivity contribution is 0.0699.